The normalized spacial score (nSPS) is 10.5. The highest BCUT2D eigenvalue weighted by molar-refractivity contribution is 6.32. The third-order valence-electron chi connectivity index (χ3n) is 5.56. The van der Waals surface area contributed by atoms with Gasteiger partial charge in [0.05, 0.1) is 5.02 Å². The molecule has 0 aliphatic carbocycles. The predicted octanol–water partition coefficient (Wildman–Crippen LogP) is 7.38. The molecule has 0 bridgehead atoms. The molecule has 0 heterocycles. The van der Waals surface area contributed by atoms with Gasteiger partial charge in [0.15, 0.2) is 6.61 Å². The van der Waals surface area contributed by atoms with E-state index < -0.39 is 0 Å². The molecule has 6 heteroatoms. The van der Waals surface area contributed by atoms with Crippen molar-refractivity contribution in [2.45, 2.75) is 20.4 Å². The molecule has 0 atom stereocenters. The molecular weight excluding hydrogens is 460 g/mol. The Kier molecular flexibility index (Phi) is 7.91. The number of hydrogen-bond acceptors (Lipinski definition) is 4. The van der Waals surface area contributed by atoms with Crippen molar-refractivity contribution >= 4 is 28.9 Å². The number of ether oxygens (including phenoxy) is 2. The van der Waals surface area contributed by atoms with E-state index in [0.717, 1.165) is 39.6 Å². The van der Waals surface area contributed by atoms with E-state index in [9.17, 15) is 4.79 Å². The SMILES string of the molecule is Cc1cccc(NC(=O)COc2ccc(CNc3ccc(Oc4ccccc4)cc3)cc2Cl)c1C. The number of rotatable bonds is 9. The van der Waals surface area contributed by atoms with Crippen molar-refractivity contribution in [3.8, 4) is 17.2 Å². The Morgan fingerprint density at radius 2 is 1.60 bits per heavy atom. The van der Waals surface area contributed by atoms with Crippen LogP contribution in [0, 0.1) is 13.8 Å². The minimum absolute atomic E-state index is 0.123. The van der Waals surface area contributed by atoms with E-state index in [1.165, 1.54) is 0 Å². The van der Waals surface area contributed by atoms with Crippen LogP contribution in [-0.2, 0) is 11.3 Å². The first-order chi connectivity index (χ1) is 17.0. The van der Waals surface area contributed by atoms with Crippen molar-refractivity contribution in [2.75, 3.05) is 17.2 Å². The fraction of sp³-hybridized carbons (Fsp3) is 0.138. The highest BCUT2D eigenvalue weighted by Gasteiger charge is 2.09. The Bertz CT molecular complexity index is 1290. The molecule has 0 unspecified atom stereocenters. The van der Waals surface area contributed by atoms with Crippen LogP contribution in [-0.4, -0.2) is 12.5 Å². The lowest BCUT2D eigenvalue weighted by molar-refractivity contribution is -0.118. The van der Waals surface area contributed by atoms with E-state index in [-0.39, 0.29) is 12.5 Å². The summed E-state index contributed by atoms with van der Waals surface area (Å²) in [6, 6.07) is 28.8. The summed E-state index contributed by atoms with van der Waals surface area (Å²) in [6.07, 6.45) is 0. The summed E-state index contributed by atoms with van der Waals surface area (Å²) in [5, 5.41) is 6.70. The molecule has 0 spiro atoms. The molecule has 35 heavy (non-hydrogen) atoms. The second-order valence-corrected chi connectivity index (χ2v) is 8.55. The summed E-state index contributed by atoms with van der Waals surface area (Å²) in [6.45, 7) is 4.45. The van der Waals surface area contributed by atoms with E-state index in [1.807, 2.05) is 98.8 Å². The van der Waals surface area contributed by atoms with Crippen LogP contribution in [0.25, 0.3) is 0 Å². The van der Waals surface area contributed by atoms with Crippen LogP contribution in [0.5, 0.6) is 17.2 Å². The molecular formula is C29H27ClN2O3. The van der Waals surface area contributed by atoms with Gasteiger partial charge >= 0.3 is 0 Å². The fourth-order valence-electron chi connectivity index (χ4n) is 3.46. The van der Waals surface area contributed by atoms with Crippen LogP contribution in [0.4, 0.5) is 11.4 Å². The maximum atomic E-state index is 12.3. The molecule has 0 aromatic heterocycles. The lowest BCUT2D eigenvalue weighted by Gasteiger charge is -2.13. The Labute approximate surface area is 210 Å². The van der Waals surface area contributed by atoms with Crippen molar-refractivity contribution in [2.24, 2.45) is 0 Å². The summed E-state index contributed by atoms with van der Waals surface area (Å²) < 4.78 is 11.5. The van der Waals surface area contributed by atoms with Gasteiger partial charge in [-0.15, -0.1) is 0 Å². The summed E-state index contributed by atoms with van der Waals surface area (Å²) in [5.74, 6) is 1.80. The van der Waals surface area contributed by atoms with E-state index >= 15 is 0 Å². The number of para-hydroxylation sites is 1. The van der Waals surface area contributed by atoms with Gasteiger partial charge in [0.25, 0.3) is 5.91 Å². The topological polar surface area (TPSA) is 59.6 Å². The van der Waals surface area contributed by atoms with Crippen LogP contribution in [0.15, 0.2) is 91.0 Å². The number of halogens is 1. The first kappa shape index (κ1) is 24.2. The molecule has 0 fully saturated rings. The summed E-state index contributed by atoms with van der Waals surface area (Å²) >= 11 is 6.40. The average molecular weight is 487 g/mol. The Balaban J connectivity index is 1.27. The number of aryl methyl sites for hydroxylation is 1. The number of nitrogens with one attached hydrogen (secondary N) is 2. The van der Waals surface area contributed by atoms with Crippen molar-refractivity contribution in [1.82, 2.24) is 0 Å². The highest BCUT2D eigenvalue weighted by Crippen LogP contribution is 2.27. The summed E-state index contributed by atoms with van der Waals surface area (Å²) in [4.78, 5) is 12.3. The third-order valence-corrected chi connectivity index (χ3v) is 5.86. The van der Waals surface area contributed by atoms with Gasteiger partial charge in [-0.05, 0) is 85.1 Å². The van der Waals surface area contributed by atoms with Crippen molar-refractivity contribution < 1.29 is 14.3 Å². The van der Waals surface area contributed by atoms with E-state index in [1.54, 1.807) is 6.07 Å². The molecule has 4 aromatic rings. The Morgan fingerprint density at radius 3 is 2.34 bits per heavy atom. The van der Waals surface area contributed by atoms with Gasteiger partial charge in [0.1, 0.15) is 17.2 Å². The minimum atomic E-state index is -0.236. The molecule has 0 radical (unpaired) electrons. The van der Waals surface area contributed by atoms with Crippen LogP contribution >= 0.6 is 11.6 Å². The van der Waals surface area contributed by atoms with E-state index in [0.29, 0.717) is 17.3 Å². The lowest BCUT2D eigenvalue weighted by atomic mass is 10.1. The number of hydrogen-bond donors (Lipinski definition) is 2. The predicted molar refractivity (Wildman–Crippen MR) is 142 cm³/mol. The molecule has 0 saturated carbocycles. The van der Waals surface area contributed by atoms with Crippen LogP contribution < -0.4 is 20.1 Å². The van der Waals surface area contributed by atoms with E-state index in [4.69, 9.17) is 21.1 Å². The zero-order chi connectivity index (χ0) is 24.6. The first-order valence-corrected chi connectivity index (χ1v) is 11.7. The maximum Gasteiger partial charge on any atom is 0.262 e. The Hall–Kier alpha value is -3.96. The molecule has 2 N–H and O–H groups in total. The van der Waals surface area contributed by atoms with Gasteiger partial charge in [-0.3, -0.25) is 4.79 Å². The summed E-state index contributed by atoms with van der Waals surface area (Å²) in [5.41, 5.74) is 4.89. The number of benzene rings is 4. The lowest BCUT2D eigenvalue weighted by Crippen LogP contribution is -2.20. The number of anilines is 2. The fourth-order valence-corrected chi connectivity index (χ4v) is 3.71. The molecule has 178 valence electrons. The van der Waals surface area contributed by atoms with Crippen LogP contribution in [0.1, 0.15) is 16.7 Å². The molecule has 5 nitrogen and oxygen atoms in total. The van der Waals surface area contributed by atoms with Crippen LogP contribution in [0.2, 0.25) is 5.02 Å². The molecule has 4 rings (SSSR count). The van der Waals surface area contributed by atoms with Crippen molar-refractivity contribution in [3.63, 3.8) is 0 Å². The largest absolute Gasteiger partial charge is 0.482 e. The van der Waals surface area contributed by atoms with E-state index in [2.05, 4.69) is 10.6 Å². The zero-order valence-corrected chi connectivity index (χ0v) is 20.4. The zero-order valence-electron chi connectivity index (χ0n) is 19.7. The first-order valence-electron chi connectivity index (χ1n) is 11.3. The molecule has 0 saturated heterocycles. The quantitative estimate of drug-likeness (QED) is 0.259. The standard InChI is InChI=1S/C29H27ClN2O3/c1-20-7-6-10-27(21(20)2)32-29(33)19-34-28-16-11-22(17-26(28)30)18-31-23-12-14-25(15-13-23)35-24-8-4-3-5-9-24/h3-17,31H,18-19H2,1-2H3,(H,32,33). The number of carbonyl (C=O) groups excluding carboxylic acids is 1. The molecule has 1 amide bonds. The van der Waals surface area contributed by atoms with Crippen LogP contribution in [0.3, 0.4) is 0 Å². The number of carbonyl (C=O) groups is 1. The van der Waals surface area contributed by atoms with Gasteiger partial charge in [0, 0.05) is 17.9 Å². The second-order valence-electron chi connectivity index (χ2n) is 8.14. The van der Waals surface area contributed by atoms with Gasteiger partial charge in [-0.2, -0.15) is 0 Å². The summed E-state index contributed by atoms with van der Waals surface area (Å²) in [7, 11) is 0. The van der Waals surface area contributed by atoms with Crippen molar-refractivity contribution in [3.05, 3.63) is 113 Å². The maximum absolute atomic E-state index is 12.3. The highest BCUT2D eigenvalue weighted by atomic mass is 35.5. The molecule has 0 aliphatic rings. The smallest absolute Gasteiger partial charge is 0.262 e. The van der Waals surface area contributed by atoms with Gasteiger partial charge in [-0.1, -0.05) is 48.0 Å². The molecule has 4 aromatic carbocycles. The monoisotopic (exact) mass is 486 g/mol. The van der Waals surface area contributed by atoms with Crippen molar-refractivity contribution in [1.29, 1.82) is 0 Å². The Morgan fingerprint density at radius 1 is 0.857 bits per heavy atom. The average Bonchev–Trinajstić information content (AvgIpc) is 2.86. The third kappa shape index (κ3) is 6.78. The van der Waals surface area contributed by atoms with Gasteiger partial charge < -0.3 is 20.1 Å². The minimum Gasteiger partial charge on any atom is -0.482 e. The number of amides is 1. The molecule has 0 aliphatic heterocycles. The van der Waals surface area contributed by atoms with Gasteiger partial charge in [-0.25, -0.2) is 0 Å². The second kappa shape index (κ2) is 11.4. The van der Waals surface area contributed by atoms with Gasteiger partial charge in [0.2, 0.25) is 0 Å².